The first kappa shape index (κ1) is 15.2. The molecule has 0 bridgehead atoms. The van der Waals surface area contributed by atoms with Gasteiger partial charge in [0.25, 0.3) is 0 Å². The molecule has 0 radical (unpaired) electrons. The molecule has 2 rings (SSSR count). The lowest BCUT2D eigenvalue weighted by molar-refractivity contribution is 0.0891. The Labute approximate surface area is 121 Å². The molecule has 110 valence electrons. The van der Waals surface area contributed by atoms with E-state index in [4.69, 9.17) is 4.74 Å². The zero-order valence-electron chi connectivity index (χ0n) is 13.0. The SMILES string of the molecule is CCCNC1COCC1C(=O)c1cc(C)c(C)cc1C. The molecular weight excluding hydrogens is 250 g/mol. The summed E-state index contributed by atoms with van der Waals surface area (Å²) in [5.41, 5.74) is 4.34. The molecule has 1 heterocycles. The third-order valence-corrected chi connectivity index (χ3v) is 4.18. The average Bonchev–Trinajstić information content (AvgIpc) is 2.88. The molecule has 1 aliphatic rings. The summed E-state index contributed by atoms with van der Waals surface area (Å²) >= 11 is 0. The molecule has 1 saturated heterocycles. The molecule has 20 heavy (non-hydrogen) atoms. The zero-order chi connectivity index (χ0) is 14.7. The third kappa shape index (κ3) is 3.10. The van der Waals surface area contributed by atoms with Crippen molar-refractivity contribution in [3.8, 4) is 0 Å². The van der Waals surface area contributed by atoms with Crippen molar-refractivity contribution in [1.29, 1.82) is 0 Å². The van der Waals surface area contributed by atoms with Crippen LogP contribution >= 0.6 is 0 Å². The second-order valence-corrected chi connectivity index (χ2v) is 5.82. The standard InChI is InChI=1S/C17H25NO2/c1-5-6-18-16-10-20-9-15(16)17(19)14-8-12(3)11(2)7-13(14)4/h7-8,15-16,18H,5-6,9-10H2,1-4H3. The first-order valence-corrected chi connectivity index (χ1v) is 7.47. The van der Waals surface area contributed by atoms with Gasteiger partial charge in [-0.1, -0.05) is 13.0 Å². The van der Waals surface area contributed by atoms with Gasteiger partial charge in [-0.2, -0.15) is 0 Å². The van der Waals surface area contributed by atoms with Crippen LogP contribution in [0.2, 0.25) is 0 Å². The molecule has 1 aromatic rings. The fourth-order valence-electron chi connectivity index (χ4n) is 2.77. The molecule has 0 amide bonds. The minimum absolute atomic E-state index is 0.0534. The van der Waals surface area contributed by atoms with Gasteiger partial charge < -0.3 is 10.1 Å². The van der Waals surface area contributed by atoms with Crippen molar-refractivity contribution in [1.82, 2.24) is 5.32 Å². The van der Waals surface area contributed by atoms with E-state index in [-0.39, 0.29) is 17.7 Å². The predicted molar refractivity (Wildman–Crippen MR) is 81.4 cm³/mol. The van der Waals surface area contributed by atoms with E-state index in [1.165, 1.54) is 11.1 Å². The number of ether oxygens (including phenoxy) is 1. The molecule has 2 atom stereocenters. The van der Waals surface area contributed by atoms with Gasteiger partial charge in [0, 0.05) is 11.6 Å². The van der Waals surface area contributed by atoms with E-state index in [1.807, 2.05) is 13.0 Å². The highest BCUT2D eigenvalue weighted by molar-refractivity contribution is 6.00. The number of benzene rings is 1. The summed E-state index contributed by atoms with van der Waals surface area (Å²) < 4.78 is 5.52. The van der Waals surface area contributed by atoms with Crippen LogP contribution in [0.1, 0.15) is 40.4 Å². The molecular formula is C17H25NO2. The number of ketones is 1. The maximum atomic E-state index is 12.8. The highest BCUT2D eigenvalue weighted by Crippen LogP contribution is 2.23. The number of nitrogens with one attached hydrogen (secondary N) is 1. The largest absolute Gasteiger partial charge is 0.379 e. The summed E-state index contributed by atoms with van der Waals surface area (Å²) in [6, 6.07) is 4.29. The molecule has 0 aliphatic carbocycles. The zero-order valence-corrected chi connectivity index (χ0v) is 13.0. The van der Waals surface area contributed by atoms with E-state index in [2.05, 4.69) is 32.2 Å². The van der Waals surface area contributed by atoms with E-state index in [1.54, 1.807) is 0 Å². The van der Waals surface area contributed by atoms with Crippen molar-refractivity contribution in [3.63, 3.8) is 0 Å². The highest BCUT2D eigenvalue weighted by Gasteiger charge is 2.34. The summed E-state index contributed by atoms with van der Waals surface area (Å²) in [5.74, 6) is 0.166. The molecule has 3 nitrogen and oxygen atoms in total. The summed E-state index contributed by atoms with van der Waals surface area (Å²) in [6.45, 7) is 10.4. The first-order chi connectivity index (χ1) is 9.54. The smallest absolute Gasteiger partial charge is 0.170 e. The van der Waals surface area contributed by atoms with Gasteiger partial charge in [0.1, 0.15) is 0 Å². The fraction of sp³-hybridized carbons (Fsp3) is 0.588. The molecule has 1 N–H and O–H groups in total. The lowest BCUT2D eigenvalue weighted by Crippen LogP contribution is -2.39. The molecule has 0 saturated carbocycles. The van der Waals surface area contributed by atoms with Crippen LogP contribution in [-0.2, 0) is 4.74 Å². The van der Waals surface area contributed by atoms with Gasteiger partial charge in [0.05, 0.1) is 19.1 Å². The maximum absolute atomic E-state index is 12.8. The number of carbonyl (C=O) groups excluding carboxylic acids is 1. The Bertz CT molecular complexity index is 496. The first-order valence-electron chi connectivity index (χ1n) is 7.47. The highest BCUT2D eigenvalue weighted by atomic mass is 16.5. The molecule has 1 aliphatic heterocycles. The van der Waals surface area contributed by atoms with Gasteiger partial charge in [0.2, 0.25) is 0 Å². The second-order valence-electron chi connectivity index (χ2n) is 5.82. The van der Waals surface area contributed by atoms with Crippen LogP contribution in [0.4, 0.5) is 0 Å². The van der Waals surface area contributed by atoms with Crippen molar-refractivity contribution in [2.45, 2.75) is 40.2 Å². The molecule has 0 aromatic heterocycles. The topological polar surface area (TPSA) is 38.3 Å². The van der Waals surface area contributed by atoms with E-state index in [0.717, 1.165) is 24.1 Å². The third-order valence-electron chi connectivity index (χ3n) is 4.18. The number of rotatable bonds is 5. The number of hydrogen-bond donors (Lipinski definition) is 1. The van der Waals surface area contributed by atoms with Crippen molar-refractivity contribution in [2.24, 2.45) is 5.92 Å². The van der Waals surface area contributed by atoms with Crippen molar-refractivity contribution < 1.29 is 9.53 Å². The minimum Gasteiger partial charge on any atom is -0.379 e. The summed E-state index contributed by atoms with van der Waals surface area (Å²) in [7, 11) is 0. The maximum Gasteiger partial charge on any atom is 0.170 e. The average molecular weight is 275 g/mol. The van der Waals surface area contributed by atoms with Crippen LogP contribution in [-0.4, -0.2) is 31.6 Å². The Morgan fingerprint density at radius 3 is 2.60 bits per heavy atom. The Morgan fingerprint density at radius 1 is 1.20 bits per heavy atom. The number of hydrogen-bond acceptors (Lipinski definition) is 3. The normalized spacial score (nSPS) is 22.2. The predicted octanol–water partition coefficient (Wildman–Crippen LogP) is 2.81. The van der Waals surface area contributed by atoms with Crippen LogP contribution < -0.4 is 5.32 Å². The van der Waals surface area contributed by atoms with Crippen LogP contribution in [0.3, 0.4) is 0 Å². The van der Waals surface area contributed by atoms with Crippen LogP contribution in [0, 0.1) is 26.7 Å². The number of carbonyl (C=O) groups is 1. The summed E-state index contributed by atoms with van der Waals surface area (Å²) in [5, 5.41) is 3.43. The van der Waals surface area contributed by atoms with Gasteiger partial charge in [-0.25, -0.2) is 0 Å². The van der Waals surface area contributed by atoms with Gasteiger partial charge in [-0.3, -0.25) is 4.79 Å². The quantitative estimate of drug-likeness (QED) is 0.840. The Balaban J connectivity index is 2.20. The number of aryl methyl sites for hydroxylation is 3. The van der Waals surface area contributed by atoms with E-state index < -0.39 is 0 Å². The van der Waals surface area contributed by atoms with Crippen LogP contribution in [0.15, 0.2) is 12.1 Å². The van der Waals surface area contributed by atoms with Crippen molar-refractivity contribution in [3.05, 3.63) is 34.4 Å². The Kier molecular flexibility index (Phi) is 4.95. The molecule has 3 heteroatoms. The lowest BCUT2D eigenvalue weighted by Gasteiger charge is -2.19. The monoisotopic (exact) mass is 275 g/mol. The molecule has 0 spiro atoms. The molecule has 1 fully saturated rings. The van der Waals surface area contributed by atoms with Crippen molar-refractivity contribution >= 4 is 5.78 Å². The fourth-order valence-corrected chi connectivity index (χ4v) is 2.77. The minimum atomic E-state index is -0.0534. The van der Waals surface area contributed by atoms with Gasteiger partial charge in [-0.05, 0) is 56.5 Å². The van der Waals surface area contributed by atoms with E-state index >= 15 is 0 Å². The second kappa shape index (κ2) is 6.51. The van der Waals surface area contributed by atoms with Crippen LogP contribution in [0.5, 0.6) is 0 Å². The van der Waals surface area contributed by atoms with Gasteiger partial charge >= 0.3 is 0 Å². The lowest BCUT2D eigenvalue weighted by atomic mass is 9.89. The summed E-state index contributed by atoms with van der Waals surface area (Å²) in [4.78, 5) is 12.8. The van der Waals surface area contributed by atoms with Crippen LogP contribution in [0.25, 0.3) is 0 Å². The Hall–Kier alpha value is -1.19. The molecule has 1 aromatic carbocycles. The molecule has 2 unspecified atom stereocenters. The number of Topliss-reactive ketones (excluding diaryl/α,β-unsaturated/α-hetero) is 1. The van der Waals surface area contributed by atoms with E-state index in [9.17, 15) is 4.79 Å². The van der Waals surface area contributed by atoms with Crippen molar-refractivity contribution in [2.75, 3.05) is 19.8 Å². The summed E-state index contributed by atoms with van der Waals surface area (Å²) in [6.07, 6.45) is 1.07. The van der Waals surface area contributed by atoms with E-state index in [0.29, 0.717) is 13.2 Å². The van der Waals surface area contributed by atoms with Gasteiger partial charge in [-0.15, -0.1) is 0 Å². The Morgan fingerprint density at radius 2 is 1.90 bits per heavy atom. The van der Waals surface area contributed by atoms with Gasteiger partial charge in [0.15, 0.2) is 5.78 Å².